The van der Waals surface area contributed by atoms with E-state index in [2.05, 4.69) is 0 Å². The number of hydrogen-bond donors (Lipinski definition) is 0. The highest BCUT2D eigenvalue weighted by Crippen LogP contribution is 2.10. The third kappa shape index (κ3) is 2.43. The lowest BCUT2D eigenvalue weighted by Gasteiger charge is -2.12. The molecule has 0 fully saturated rings. The second-order valence-corrected chi connectivity index (χ2v) is 2.61. The quantitative estimate of drug-likeness (QED) is 0.406. The van der Waals surface area contributed by atoms with E-state index in [1.54, 1.807) is 20.8 Å². The fourth-order valence-corrected chi connectivity index (χ4v) is 0. The Morgan fingerprint density at radius 1 is 1.43 bits per heavy atom. The molecule has 1 nitrogen and oxygen atoms in total. The van der Waals surface area contributed by atoms with Crippen molar-refractivity contribution in [3.63, 3.8) is 0 Å². The van der Waals surface area contributed by atoms with Crippen LogP contribution in [0.15, 0.2) is 0 Å². The average molecular weight is 95.9 g/mol. The molecule has 0 amide bonds. The molecule has 0 saturated carbocycles. The number of carbonyl (C=O) groups excluding carboxylic acids is 1. The van der Waals surface area contributed by atoms with Gasteiger partial charge < -0.3 is 4.79 Å². The summed E-state index contributed by atoms with van der Waals surface area (Å²) in [6.07, 6.45) is 0. The molecule has 0 aromatic carbocycles. The van der Waals surface area contributed by atoms with Crippen molar-refractivity contribution in [2.45, 2.75) is 20.8 Å². The van der Waals surface area contributed by atoms with Gasteiger partial charge in [-0.25, -0.2) is 0 Å². The van der Waals surface area contributed by atoms with Gasteiger partial charge in [-0.15, -0.1) is 0 Å². The van der Waals surface area contributed by atoms with Crippen LogP contribution in [-0.4, -0.2) is 13.5 Å². The zero-order valence-electron chi connectivity index (χ0n) is 4.99. The summed E-state index contributed by atoms with van der Waals surface area (Å²) in [5, 5.41) is 0. The van der Waals surface area contributed by atoms with Crippen LogP contribution in [0.25, 0.3) is 0 Å². The van der Waals surface area contributed by atoms with Crippen molar-refractivity contribution in [2.24, 2.45) is 5.41 Å². The molecule has 0 saturated heterocycles. The Labute approximate surface area is 45.5 Å². The number of rotatable bonds is 0. The molecular formula is C5H9BO. The van der Waals surface area contributed by atoms with E-state index >= 15 is 0 Å². The van der Waals surface area contributed by atoms with Gasteiger partial charge in [0.05, 0.1) is 5.68 Å². The lowest BCUT2D eigenvalue weighted by atomic mass is 9.79. The van der Waals surface area contributed by atoms with Crippen LogP contribution in [0.4, 0.5) is 0 Å². The van der Waals surface area contributed by atoms with Crippen LogP contribution in [0.5, 0.6) is 0 Å². The molecule has 2 radical (unpaired) electrons. The second-order valence-electron chi connectivity index (χ2n) is 2.61. The summed E-state index contributed by atoms with van der Waals surface area (Å²) in [7, 11) is 4.93. The molecule has 0 aliphatic rings. The number of carbonyl (C=O) groups is 1. The van der Waals surface area contributed by atoms with E-state index in [4.69, 9.17) is 7.85 Å². The van der Waals surface area contributed by atoms with Crippen molar-refractivity contribution in [3.8, 4) is 0 Å². The second kappa shape index (κ2) is 1.69. The molecule has 2 heteroatoms. The first-order chi connectivity index (χ1) is 2.94. The van der Waals surface area contributed by atoms with Crippen LogP contribution in [0.3, 0.4) is 0 Å². The van der Waals surface area contributed by atoms with Gasteiger partial charge in [0.1, 0.15) is 0 Å². The first-order valence-corrected chi connectivity index (χ1v) is 2.24. The predicted octanol–water partition coefficient (Wildman–Crippen LogP) is 0.728. The van der Waals surface area contributed by atoms with Crippen molar-refractivity contribution in [3.05, 3.63) is 0 Å². The van der Waals surface area contributed by atoms with Crippen LogP contribution in [0.1, 0.15) is 20.8 Å². The van der Waals surface area contributed by atoms with E-state index in [9.17, 15) is 4.79 Å². The molecule has 0 aliphatic heterocycles. The minimum absolute atomic E-state index is 0.257. The first kappa shape index (κ1) is 6.73. The Bertz CT molecular complexity index is 80.6. The van der Waals surface area contributed by atoms with Crippen LogP contribution in [0.2, 0.25) is 0 Å². The Hall–Kier alpha value is -0.265. The lowest BCUT2D eigenvalue weighted by Crippen LogP contribution is -2.19. The zero-order valence-corrected chi connectivity index (χ0v) is 4.99. The summed E-state index contributed by atoms with van der Waals surface area (Å²) in [6.45, 7) is 5.36. The smallest absolute Gasteiger partial charge is 0.168 e. The Morgan fingerprint density at radius 2 is 1.57 bits per heavy atom. The molecule has 38 valence electrons. The van der Waals surface area contributed by atoms with E-state index < -0.39 is 0 Å². The topological polar surface area (TPSA) is 17.1 Å². The maximum absolute atomic E-state index is 10.2. The Kier molecular flexibility index (Phi) is 1.62. The molecule has 0 N–H and O–H groups in total. The molecule has 0 heterocycles. The van der Waals surface area contributed by atoms with Gasteiger partial charge in [0, 0.05) is 5.41 Å². The standard InChI is InChI=1S/C5H9BO/c1-5(2,3)4(6)7/h1-3H3. The molecule has 0 rings (SSSR count). The van der Waals surface area contributed by atoms with E-state index in [1.165, 1.54) is 0 Å². The predicted molar refractivity (Wildman–Crippen MR) is 30.2 cm³/mol. The summed E-state index contributed by atoms with van der Waals surface area (Å²) in [6, 6.07) is 0. The number of hydrogen-bond acceptors (Lipinski definition) is 1. The van der Waals surface area contributed by atoms with Gasteiger partial charge >= 0.3 is 0 Å². The summed E-state index contributed by atoms with van der Waals surface area (Å²) >= 11 is 0. The lowest BCUT2D eigenvalue weighted by molar-refractivity contribution is -0.118. The molecule has 7 heavy (non-hydrogen) atoms. The maximum atomic E-state index is 10.2. The highest BCUT2D eigenvalue weighted by molar-refractivity contribution is 6.58. The van der Waals surface area contributed by atoms with Crippen LogP contribution >= 0.6 is 0 Å². The summed E-state index contributed by atoms with van der Waals surface area (Å²) in [4.78, 5) is 10.2. The van der Waals surface area contributed by atoms with Crippen molar-refractivity contribution >= 4 is 13.5 Å². The largest absolute Gasteiger partial charge is 0.312 e. The van der Waals surface area contributed by atoms with Gasteiger partial charge in [0.15, 0.2) is 7.85 Å². The van der Waals surface area contributed by atoms with E-state index in [1.807, 2.05) is 0 Å². The third-order valence-corrected chi connectivity index (χ3v) is 0.739. The summed E-state index contributed by atoms with van der Waals surface area (Å²) in [5.74, 6) is 0. The molecular weight excluding hydrogens is 86.9 g/mol. The minimum Gasteiger partial charge on any atom is -0.312 e. The maximum Gasteiger partial charge on any atom is 0.168 e. The zero-order chi connectivity index (χ0) is 6.08. The molecule has 0 bridgehead atoms. The van der Waals surface area contributed by atoms with Crippen LogP contribution in [0, 0.1) is 5.41 Å². The van der Waals surface area contributed by atoms with Crippen LogP contribution in [-0.2, 0) is 4.79 Å². The van der Waals surface area contributed by atoms with Gasteiger partial charge in [-0.05, 0) is 0 Å². The fraction of sp³-hybridized carbons (Fsp3) is 0.800. The van der Waals surface area contributed by atoms with Crippen molar-refractivity contribution in [2.75, 3.05) is 0 Å². The van der Waals surface area contributed by atoms with Crippen LogP contribution < -0.4 is 0 Å². The van der Waals surface area contributed by atoms with Gasteiger partial charge in [0.2, 0.25) is 0 Å². The highest BCUT2D eigenvalue weighted by Gasteiger charge is 2.13. The van der Waals surface area contributed by atoms with E-state index in [-0.39, 0.29) is 11.1 Å². The fourth-order valence-electron chi connectivity index (χ4n) is 0. The van der Waals surface area contributed by atoms with Crippen molar-refractivity contribution in [1.82, 2.24) is 0 Å². The minimum atomic E-state index is -0.361. The monoisotopic (exact) mass is 96.1 g/mol. The van der Waals surface area contributed by atoms with Gasteiger partial charge in [0.25, 0.3) is 0 Å². The van der Waals surface area contributed by atoms with Crippen molar-refractivity contribution in [1.29, 1.82) is 0 Å². The molecule has 0 spiro atoms. The summed E-state index contributed by atoms with van der Waals surface area (Å²) < 4.78 is 0. The van der Waals surface area contributed by atoms with Gasteiger partial charge in [-0.1, -0.05) is 20.8 Å². The normalized spacial score (nSPS) is 11.3. The Morgan fingerprint density at radius 3 is 1.57 bits per heavy atom. The average Bonchev–Trinajstić information content (AvgIpc) is 1.31. The van der Waals surface area contributed by atoms with E-state index in [0.717, 1.165) is 0 Å². The first-order valence-electron chi connectivity index (χ1n) is 2.24. The van der Waals surface area contributed by atoms with Gasteiger partial charge in [-0.3, -0.25) is 0 Å². The molecule has 0 aromatic rings. The summed E-state index contributed by atoms with van der Waals surface area (Å²) in [5.41, 5.74) is -0.618. The van der Waals surface area contributed by atoms with E-state index in [0.29, 0.717) is 0 Å². The third-order valence-electron chi connectivity index (χ3n) is 0.739. The molecule has 0 aliphatic carbocycles. The van der Waals surface area contributed by atoms with Crippen molar-refractivity contribution < 1.29 is 4.79 Å². The molecule has 0 aromatic heterocycles. The SMILES string of the molecule is [B]C(=O)C(C)(C)C. The van der Waals surface area contributed by atoms with Gasteiger partial charge in [-0.2, -0.15) is 0 Å². The molecule has 0 unspecified atom stereocenters. The molecule has 0 atom stereocenters. The highest BCUT2D eigenvalue weighted by atomic mass is 16.1. The Balaban J connectivity index is 3.79.